The number of carbonyl (C=O) groups is 1. The highest BCUT2D eigenvalue weighted by atomic mass is 16.2. The number of hydrogen-bond acceptors (Lipinski definition) is 2. The van der Waals surface area contributed by atoms with Crippen LogP contribution < -0.4 is 10.6 Å². The zero-order valence-corrected chi connectivity index (χ0v) is 13.2. The minimum absolute atomic E-state index is 0.0440. The molecule has 0 spiro atoms. The molecule has 0 aliphatic heterocycles. The summed E-state index contributed by atoms with van der Waals surface area (Å²) >= 11 is 0. The number of unbranched alkanes of at least 4 members (excludes halogenated alkanes) is 1. The van der Waals surface area contributed by atoms with Gasteiger partial charge in [0.1, 0.15) is 0 Å². The molecule has 1 rings (SSSR count). The summed E-state index contributed by atoms with van der Waals surface area (Å²) in [7, 11) is 0. The van der Waals surface area contributed by atoms with Gasteiger partial charge in [0.15, 0.2) is 0 Å². The van der Waals surface area contributed by atoms with Crippen LogP contribution >= 0.6 is 0 Å². The van der Waals surface area contributed by atoms with Crippen molar-refractivity contribution in [3.8, 4) is 0 Å². The van der Waals surface area contributed by atoms with Crippen LogP contribution in [-0.2, 0) is 11.2 Å². The van der Waals surface area contributed by atoms with Gasteiger partial charge >= 0.3 is 0 Å². The monoisotopic (exact) mass is 276 g/mol. The first kappa shape index (κ1) is 16.7. The van der Waals surface area contributed by atoms with Crippen molar-refractivity contribution >= 4 is 11.6 Å². The van der Waals surface area contributed by atoms with Crippen LogP contribution in [0.5, 0.6) is 0 Å². The summed E-state index contributed by atoms with van der Waals surface area (Å²) < 4.78 is 0. The van der Waals surface area contributed by atoms with Gasteiger partial charge in [0.25, 0.3) is 0 Å². The maximum atomic E-state index is 12.2. The lowest BCUT2D eigenvalue weighted by molar-refractivity contribution is -0.118. The fraction of sp³-hybridized carbons (Fsp3) is 0.588. The second-order valence-corrected chi connectivity index (χ2v) is 5.57. The largest absolute Gasteiger partial charge is 0.325 e. The fourth-order valence-electron chi connectivity index (χ4n) is 2.15. The summed E-state index contributed by atoms with van der Waals surface area (Å²) in [6, 6.07) is 8.36. The third kappa shape index (κ3) is 5.74. The topological polar surface area (TPSA) is 41.1 Å². The Balaban J connectivity index is 2.56. The first-order valence-corrected chi connectivity index (χ1v) is 7.72. The highest BCUT2D eigenvalue weighted by molar-refractivity contribution is 5.94. The molecule has 3 nitrogen and oxygen atoms in total. The summed E-state index contributed by atoms with van der Waals surface area (Å²) in [5, 5.41) is 6.26. The van der Waals surface area contributed by atoms with Crippen molar-refractivity contribution in [2.24, 2.45) is 0 Å². The molecular formula is C17H28N2O. The maximum Gasteiger partial charge on any atom is 0.241 e. The Bertz CT molecular complexity index is 398. The third-order valence-electron chi connectivity index (χ3n) is 3.30. The molecule has 0 bridgehead atoms. The number of anilines is 1. The van der Waals surface area contributed by atoms with E-state index in [1.807, 2.05) is 19.1 Å². The lowest BCUT2D eigenvalue weighted by atomic mass is 10.1. The van der Waals surface area contributed by atoms with E-state index in [9.17, 15) is 4.79 Å². The summed E-state index contributed by atoms with van der Waals surface area (Å²) in [5.74, 6) is 0.0440. The minimum Gasteiger partial charge on any atom is -0.325 e. The highest BCUT2D eigenvalue weighted by Gasteiger charge is 2.16. The van der Waals surface area contributed by atoms with E-state index < -0.39 is 0 Å². The second-order valence-electron chi connectivity index (χ2n) is 5.57. The fourth-order valence-corrected chi connectivity index (χ4v) is 2.15. The van der Waals surface area contributed by atoms with E-state index in [0.717, 1.165) is 18.5 Å². The Morgan fingerprint density at radius 3 is 2.30 bits per heavy atom. The van der Waals surface area contributed by atoms with Crippen LogP contribution in [0.4, 0.5) is 5.69 Å². The van der Waals surface area contributed by atoms with Crippen molar-refractivity contribution in [3.63, 3.8) is 0 Å². The molecule has 1 atom stereocenters. The van der Waals surface area contributed by atoms with Crippen molar-refractivity contribution in [2.45, 2.75) is 65.5 Å². The predicted octanol–water partition coefficient (Wildman–Crippen LogP) is 3.74. The zero-order valence-electron chi connectivity index (χ0n) is 13.2. The molecule has 20 heavy (non-hydrogen) atoms. The smallest absolute Gasteiger partial charge is 0.241 e. The van der Waals surface area contributed by atoms with Crippen molar-refractivity contribution in [1.29, 1.82) is 0 Å². The van der Waals surface area contributed by atoms with Crippen molar-refractivity contribution in [3.05, 3.63) is 29.8 Å². The molecule has 0 radical (unpaired) electrons. The van der Waals surface area contributed by atoms with Crippen LogP contribution in [0.2, 0.25) is 0 Å². The Morgan fingerprint density at radius 1 is 1.15 bits per heavy atom. The molecule has 2 N–H and O–H groups in total. The van der Waals surface area contributed by atoms with Crippen LogP contribution in [0.25, 0.3) is 0 Å². The molecule has 0 saturated carbocycles. The third-order valence-corrected chi connectivity index (χ3v) is 3.30. The second kappa shape index (κ2) is 8.75. The van der Waals surface area contributed by atoms with Gasteiger partial charge in [-0.1, -0.05) is 46.2 Å². The first-order chi connectivity index (χ1) is 9.56. The van der Waals surface area contributed by atoms with Gasteiger partial charge < -0.3 is 10.6 Å². The van der Waals surface area contributed by atoms with Gasteiger partial charge in [-0.05, 0) is 37.0 Å². The van der Waals surface area contributed by atoms with Crippen molar-refractivity contribution in [2.75, 3.05) is 5.32 Å². The van der Waals surface area contributed by atoms with Crippen LogP contribution in [0, 0.1) is 0 Å². The lowest BCUT2D eigenvalue weighted by Crippen LogP contribution is -2.43. The summed E-state index contributed by atoms with van der Waals surface area (Å²) in [4.78, 5) is 12.2. The van der Waals surface area contributed by atoms with Crippen LogP contribution in [0.1, 0.15) is 52.5 Å². The zero-order chi connectivity index (χ0) is 15.0. The minimum atomic E-state index is -0.130. The number of amides is 1. The van der Waals surface area contributed by atoms with Crippen molar-refractivity contribution < 1.29 is 4.79 Å². The number of aryl methyl sites for hydroxylation is 1. The summed E-state index contributed by atoms with van der Waals surface area (Å²) in [6.07, 6.45) is 4.31. The van der Waals surface area contributed by atoms with Gasteiger partial charge in [0.05, 0.1) is 6.04 Å². The molecule has 0 aliphatic carbocycles. The quantitative estimate of drug-likeness (QED) is 0.759. The standard InChI is InChI=1S/C17H28N2O/c1-5-7-8-14-9-11-15(12-10-14)19-17(20)16(6-2)18-13(3)4/h9-13,16,18H,5-8H2,1-4H3,(H,19,20)/t16-/m1/s1. The van der Waals surface area contributed by atoms with E-state index in [2.05, 4.69) is 43.5 Å². The highest BCUT2D eigenvalue weighted by Crippen LogP contribution is 2.12. The Labute approximate surface area is 123 Å². The van der Waals surface area contributed by atoms with Gasteiger partial charge in [-0.15, -0.1) is 0 Å². The molecule has 0 saturated heterocycles. The number of carbonyl (C=O) groups excluding carboxylic acids is 1. The van der Waals surface area contributed by atoms with E-state index in [-0.39, 0.29) is 11.9 Å². The van der Waals surface area contributed by atoms with Crippen LogP contribution in [0.15, 0.2) is 24.3 Å². The molecule has 1 amide bonds. The van der Waals surface area contributed by atoms with Gasteiger partial charge in [0, 0.05) is 11.7 Å². The molecule has 0 unspecified atom stereocenters. The number of nitrogens with one attached hydrogen (secondary N) is 2. The van der Waals surface area contributed by atoms with Crippen molar-refractivity contribution in [1.82, 2.24) is 5.32 Å². The molecule has 0 heterocycles. The molecule has 0 fully saturated rings. The van der Waals surface area contributed by atoms with E-state index in [0.29, 0.717) is 6.04 Å². The molecule has 0 aromatic heterocycles. The normalized spacial score (nSPS) is 12.4. The van der Waals surface area contributed by atoms with E-state index in [1.54, 1.807) is 0 Å². The van der Waals surface area contributed by atoms with E-state index in [1.165, 1.54) is 18.4 Å². The SMILES string of the molecule is CCCCc1ccc(NC(=O)[C@@H](CC)NC(C)C)cc1. The van der Waals surface area contributed by atoms with Gasteiger partial charge in [-0.2, -0.15) is 0 Å². The first-order valence-electron chi connectivity index (χ1n) is 7.72. The van der Waals surface area contributed by atoms with Crippen LogP contribution in [0.3, 0.4) is 0 Å². The number of benzene rings is 1. The molecule has 112 valence electrons. The Morgan fingerprint density at radius 2 is 1.80 bits per heavy atom. The average Bonchev–Trinajstić information content (AvgIpc) is 2.43. The summed E-state index contributed by atoms with van der Waals surface area (Å²) in [6.45, 7) is 8.33. The number of rotatable bonds is 8. The Kier molecular flexibility index (Phi) is 7.31. The maximum absolute atomic E-state index is 12.2. The molecule has 1 aromatic carbocycles. The Hall–Kier alpha value is -1.35. The summed E-state index contributed by atoms with van der Waals surface area (Å²) in [5.41, 5.74) is 2.21. The molecule has 0 aliphatic rings. The number of hydrogen-bond donors (Lipinski definition) is 2. The van der Waals surface area contributed by atoms with E-state index in [4.69, 9.17) is 0 Å². The molecular weight excluding hydrogens is 248 g/mol. The van der Waals surface area contributed by atoms with Gasteiger partial charge in [-0.25, -0.2) is 0 Å². The molecule has 3 heteroatoms. The van der Waals surface area contributed by atoms with E-state index >= 15 is 0 Å². The van der Waals surface area contributed by atoms with Gasteiger partial charge in [0.2, 0.25) is 5.91 Å². The molecule has 1 aromatic rings. The lowest BCUT2D eigenvalue weighted by Gasteiger charge is -2.19. The van der Waals surface area contributed by atoms with Crippen LogP contribution in [-0.4, -0.2) is 18.0 Å². The predicted molar refractivity (Wildman–Crippen MR) is 86.0 cm³/mol. The van der Waals surface area contributed by atoms with Gasteiger partial charge in [-0.3, -0.25) is 4.79 Å². The average molecular weight is 276 g/mol.